The third kappa shape index (κ3) is 5.60. The minimum Gasteiger partial charge on any atom is -0.478 e. The summed E-state index contributed by atoms with van der Waals surface area (Å²) in [5, 5.41) is 11.1. The molecule has 1 aromatic carbocycles. The highest BCUT2D eigenvalue weighted by Crippen LogP contribution is 2.27. The molecule has 1 atom stereocenters. The van der Waals surface area contributed by atoms with Crippen LogP contribution in [0.1, 0.15) is 39.2 Å². The fraction of sp³-hybridized carbons (Fsp3) is 0.375. The number of carboxylic acid groups (broad SMARTS) is 1. The van der Waals surface area contributed by atoms with Gasteiger partial charge >= 0.3 is 12.1 Å². The van der Waals surface area contributed by atoms with E-state index in [1.54, 1.807) is 20.8 Å². The van der Waals surface area contributed by atoms with Crippen LogP contribution in [0.5, 0.6) is 0 Å². The van der Waals surface area contributed by atoms with Crippen molar-refractivity contribution in [3.8, 4) is 0 Å². The van der Waals surface area contributed by atoms with Crippen molar-refractivity contribution in [2.45, 2.75) is 39.2 Å². The van der Waals surface area contributed by atoms with Gasteiger partial charge in [-0.1, -0.05) is 6.92 Å². The van der Waals surface area contributed by atoms with Gasteiger partial charge in [-0.15, -0.1) is 0 Å². The van der Waals surface area contributed by atoms with Crippen LogP contribution in [-0.2, 0) is 9.53 Å². The highest BCUT2D eigenvalue weighted by atomic mass is 19.2. The predicted molar refractivity (Wildman–Crippen MR) is 79.8 cm³/mol. The smallest absolute Gasteiger partial charge is 0.411 e. The van der Waals surface area contributed by atoms with Crippen molar-refractivity contribution in [2.75, 3.05) is 0 Å². The lowest BCUT2D eigenvalue weighted by Gasteiger charge is -2.22. The molecule has 0 aliphatic rings. The summed E-state index contributed by atoms with van der Waals surface area (Å²) in [7, 11) is 0. The molecule has 1 amide bonds. The SMILES string of the molecule is CC(/C(=C\C(=O)O)NC(=O)OC(C)(C)C)c1cc(F)c(F)cc1F. The fourth-order valence-electron chi connectivity index (χ4n) is 1.86. The van der Waals surface area contributed by atoms with E-state index in [4.69, 9.17) is 9.84 Å². The molecule has 0 radical (unpaired) electrons. The van der Waals surface area contributed by atoms with E-state index in [0.29, 0.717) is 18.2 Å². The van der Waals surface area contributed by atoms with Gasteiger partial charge in [-0.3, -0.25) is 5.32 Å². The maximum absolute atomic E-state index is 13.9. The van der Waals surface area contributed by atoms with Crippen LogP contribution in [-0.4, -0.2) is 22.8 Å². The molecule has 0 aliphatic carbocycles. The van der Waals surface area contributed by atoms with Gasteiger partial charge in [0.25, 0.3) is 0 Å². The lowest BCUT2D eigenvalue weighted by molar-refractivity contribution is -0.131. The number of halogens is 3. The molecule has 1 rings (SSSR count). The second kappa shape index (κ2) is 7.37. The summed E-state index contributed by atoms with van der Waals surface area (Å²) in [5.74, 6) is -6.19. The summed E-state index contributed by atoms with van der Waals surface area (Å²) in [6.45, 7) is 6.14. The van der Waals surface area contributed by atoms with Gasteiger partial charge in [0.1, 0.15) is 11.4 Å². The van der Waals surface area contributed by atoms with Gasteiger partial charge < -0.3 is 9.84 Å². The number of alkyl carbamates (subject to hydrolysis) is 1. The van der Waals surface area contributed by atoms with E-state index < -0.39 is 41.0 Å². The van der Waals surface area contributed by atoms with E-state index in [1.807, 2.05) is 0 Å². The second-order valence-corrected chi connectivity index (χ2v) is 6.07. The fourth-order valence-corrected chi connectivity index (χ4v) is 1.86. The normalized spacial score (nSPS) is 13.4. The molecule has 0 aromatic heterocycles. The molecule has 8 heteroatoms. The average Bonchev–Trinajstić information content (AvgIpc) is 2.38. The molecule has 5 nitrogen and oxygen atoms in total. The van der Waals surface area contributed by atoms with Crippen molar-refractivity contribution >= 4 is 12.1 Å². The minimum atomic E-state index is -1.41. The second-order valence-electron chi connectivity index (χ2n) is 6.07. The third-order valence-corrected chi connectivity index (χ3v) is 2.90. The number of amides is 1. The standard InChI is InChI=1S/C16H18F3NO4/c1-8(9-5-11(18)12(19)6-10(9)17)13(7-14(21)22)20-15(23)24-16(2,3)4/h5-8H,1-4H3,(H,20,23)(H,21,22)/b13-7+. The number of hydrogen-bond acceptors (Lipinski definition) is 3. The van der Waals surface area contributed by atoms with Gasteiger partial charge in [0.05, 0.1) is 0 Å². The van der Waals surface area contributed by atoms with E-state index >= 15 is 0 Å². The van der Waals surface area contributed by atoms with Crippen LogP contribution in [0.2, 0.25) is 0 Å². The Morgan fingerprint density at radius 3 is 2.21 bits per heavy atom. The number of allylic oxidation sites excluding steroid dienone is 1. The summed E-state index contributed by atoms with van der Waals surface area (Å²) in [6, 6.07) is 0.967. The molecular formula is C16H18F3NO4. The summed E-state index contributed by atoms with van der Waals surface area (Å²) in [4.78, 5) is 22.7. The van der Waals surface area contributed by atoms with Gasteiger partial charge in [0, 0.05) is 23.8 Å². The number of aliphatic carboxylic acids is 1. The van der Waals surface area contributed by atoms with Crippen molar-refractivity contribution in [3.63, 3.8) is 0 Å². The average molecular weight is 345 g/mol. The lowest BCUT2D eigenvalue weighted by atomic mass is 9.96. The molecule has 2 N–H and O–H groups in total. The third-order valence-electron chi connectivity index (χ3n) is 2.90. The minimum absolute atomic E-state index is 0.235. The Labute approximate surface area is 137 Å². The first-order valence-electron chi connectivity index (χ1n) is 6.99. The van der Waals surface area contributed by atoms with Crippen molar-refractivity contribution in [1.82, 2.24) is 5.32 Å². The molecular weight excluding hydrogens is 327 g/mol. The van der Waals surface area contributed by atoms with E-state index in [0.717, 1.165) is 0 Å². The van der Waals surface area contributed by atoms with Crippen molar-refractivity contribution in [3.05, 3.63) is 46.9 Å². The highest BCUT2D eigenvalue weighted by molar-refractivity contribution is 5.82. The number of ether oxygens (including phenoxy) is 1. The van der Waals surface area contributed by atoms with Gasteiger partial charge in [0.15, 0.2) is 11.6 Å². The molecule has 0 saturated carbocycles. The Bertz CT molecular complexity index is 681. The molecule has 1 aromatic rings. The first-order valence-corrected chi connectivity index (χ1v) is 6.99. The first kappa shape index (κ1) is 19.5. The zero-order valence-corrected chi connectivity index (χ0v) is 13.6. The molecule has 1 unspecified atom stereocenters. The number of carboxylic acids is 1. The largest absolute Gasteiger partial charge is 0.478 e. The van der Waals surface area contributed by atoms with E-state index in [-0.39, 0.29) is 11.3 Å². The van der Waals surface area contributed by atoms with Gasteiger partial charge in [0.2, 0.25) is 0 Å². The van der Waals surface area contributed by atoms with Gasteiger partial charge in [-0.25, -0.2) is 22.8 Å². The van der Waals surface area contributed by atoms with E-state index in [9.17, 15) is 22.8 Å². The maximum atomic E-state index is 13.9. The van der Waals surface area contributed by atoms with Crippen LogP contribution < -0.4 is 5.32 Å². The number of hydrogen-bond donors (Lipinski definition) is 2. The first-order chi connectivity index (χ1) is 10.9. The summed E-state index contributed by atoms with van der Waals surface area (Å²) < 4.78 is 45.2. The summed E-state index contributed by atoms with van der Waals surface area (Å²) in [6.07, 6.45) is -0.320. The van der Waals surface area contributed by atoms with Gasteiger partial charge in [-0.05, 0) is 32.4 Å². The van der Waals surface area contributed by atoms with Crippen LogP contribution in [0.25, 0.3) is 0 Å². The zero-order valence-electron chi connectivity index (χ0n) is 13.6. The van der Waals surface area contributed by atoms with Crippen molar-refractivity contribution in [1.29, 1.82) is 0 Å². The van der Waals surface area contributed by atoms with Crippen LogP contribution in [0, 0.1) is 17.5 Å². The molecule has 0 saturated heterocycles. The lowest BCUT2D eigenvalue weighted by Crippen LogP contribution is -2.33. The zero-order chi connectivity index (χ0) is 18.7. The quantitative estimate of drug-likeness (QED) is 0.644. The molecule has 132 valence electrons. The van der Waals surface area contributed by atoms with Crippen molar-refractivity contribution in [2.24, 2.45) is 0 Å². The number of carbonyl (C=O) groups excluding carboxylic acids is 1. The topological polar surface area (TPSA) is 75.6 Å². The molecule has 0 fully saturated rings. The molecule has 0 heterocycles. The van der Waals surface area contributed by atoms with Crippen LogP contribution in [0.4, 0.5) is 18.0 Å². The predicted octanol–water partition coefficient (Wildman–Crippen LogP) is 3.70. The monoisotopic (exact) mass is 345 g/mol. The number of nitrogens with one attached hydrogen (secondary N) is 1. The van der Waals surface area contributed by atoms with E-state index in [1.165, 1.54) is 6.92 Å². The number of carbonyl (C=O) groups is 2. The van der Waals surface area contributed by atoms with Crippen LogP contribution >= 0.6 is 0 Å². The Balaban J connectivity index is 3.16. The van der Waals surface area contributed by atoms with Crippen molar-refractivity contribution < 1.29 is 32.6 Å². The Morgan fingerprint density at radius 2 is 1.71 bits per heavy atom. The van der Waals surface area contributed by atoms with E-state index in [2.05, 4.69) is 5.32 Å². The summed E-state index contributed by atoms with van der Waals surface area (Å²) in [5.41, 5.74) is -1.38. The molecule has 0 spiro atoms. The van der Waals surface area contributed by atoms with Gasteiger partial charge in [-0.2, -0.15) is 0 Å². The highest BCUT2D eigenvalue weighted by Gasteiger charge is 2.23. The number of rotatable bonds is 4. The summed E-state index contributed by atoms with van der Waals surface area (Å²) >= 11 is 0. The number of benzene rings is 1. The maximum Gasteiger partial charge on any atom is 0.411 e. The Kier molecular flexibility index (Phi) is 6.00. The van der Waals surface area contributed by atoms with Crippen LogP contribution in [0.15, 0.2) is 23.9 Å². The Morgan fingerprint density at radius 1 is 1.17 bits per heavy atom. The van der Waals surface area contributed by atoms with Crippen LogP contribution in [0.3, 0.4) is 0 Å². The Hall–Kier alpha value is -2.51. The molecule has 0 bridgehead atoms. The molecule has 24 heavy (non-hydrogen) atoms. The molecule has 0 aliphatic heterocycles.